The van der Waals surface area contributed by atoms with E-state index in [0.717, 1.165) is 0 Å². The van der Waals surface area contributed by atoms with E-state index in [-0.39, 0.29) is 132 Å². The molecule has 0 aromatic carbocycles. The van der Waals surface area contributed by atoms with Crippen LogP contribution in [0.15, 0.2) is 0 Å². The van der Waals surface area contributed by atoms with Gasteiger partial charge in [-0.15, -0.1) is 0 Å². The number of ketones is 2. The molecule has 19 N–H and O–H groups in total. The first-order chi connectivity index (χ1) is 43.3. The average Bonchev–Trinajstić information content (AvgIpc) is 1.61. The van der Waals surface area contributed by atoms with E-state index in [2.05, 4.69) is 67.7 Å². The highest BCUT2D eigenvalue weighted by Gasteiger charge is 2.59. The van der Waals surface area contributed by atoms with Crippen molar-refractivity contribution >= 4 is 60.4 Å². The summed E-state index contributed by atoms with van der Waals surface area (Å²) in [7, 11) is -6.05. The fraction of sp³-hybridized carbons (Fsp3) is 0.909. The van der Waals surface area contributed by atoms with Crippen LogP contribution in [0.25, 0.3) is 0 Å². The highest BCUT2D eigenvalue weighted by molar-refractivity contribution is 6.75. The van der Waals surface area contributed by atoms with Gasteiger partial charge in [-0.1, -0.05) is 90.0 Å². The van der Waals surface area contributed by atoms with Gasteiger partial charge in [0.15, 0.2) is 58.9 Å². The molecule has 8 saturated carbocycles. The second kappa shape index (κ2) is 31.6. The van der Waals surface area contributed by atoms with Gasteiger partial charge in [-0.05, 0) is 128 Å². The first kappa shape index (κ1) is 88.4. The molecule has 0 amide bonds. The van der Waals surface area contributed by atoms with Crippen LogP contribution in [-0.4, -0.2) is 264 Å². The second-order valence-electron chi connectivity index (χ2n) is 34.4. The standard InChI is InChI=1S/C15H30O4Si.C14H26O4Si.C13H26O6Si.C9H16O4.C8H12O4.C7H12O6/c1-10-8-15(18,13(16)17)9-11(2)12(10)19-20(6,7)14(3,4)5;1-13(2,3)19(4,5)18-12-9-6-11(16)14(17,7-9)8-10(12)15;1-12(2,3)20(4,5)19-10-8(14)6-13(18,11(16)17)7-9(10)15;1-5-3-9(13,8(11)12)4-6(2)7(5)10;9-5-3-8(12)2-4(7(5)11)1-6(8)10;8-3-1-7(13,6(11)12)2-4(9)5(3)10/h10-12,18H,8-9H2,1-7H3,(H,16,17);9-10,12,15,17H,6-8H2,1-5H3;8-10,14-15,18H,6-7H2,1-5H3,(H,16,17);5-7,10,13H,3-4H2,1-2H3,(H,11,12);4-5,7,9,11-12H,1-3H2;3-5,8-10,13H,1-2H2,(H,11,12)/t10-,11-,12?,15?;9-,10-,12+,14-;8-,9-,10?,13?;5-,6-,7?,9?;4-,5-,7+,8-;3-,4-,5?,7?/m111111/s1. The molecule has 8 aliphatic carbocycles. The Hall–Kier alpha value is -2.85. The van der Waals surface area contributed by atoms with Crippen molar-refractivity contribution < 1.29 is 139 Å². The van der Waals surface area contributed by atoms with Crippen molar-refractivity contribution in [1.82, 2.24) is 0 Å². The number of carboxylic acids is 4. The van der Waals surface area contributed by atoms with Crippen LogP contribution >= 0.6 is 0 Å². The third-order valence-electron chi connectivity index (χ3n) is 22.9. The maximum absolute atomic E-state index is 11.8. The van der Waals surface area contributed by atoms with Gasteiger partial charge in [-0.3, -0.25) is 9.59 Å². The molecular weight excluding hydrogens is 1320 g/mol. The molecule has 0 spiro atoms. The van der Waals surface area contributed by atoms with Crippen molar-refractivity contribution in [3.8, 4) is 0 Å². The molecule has 16 atom stereocenters. The second-order valence-corrected chi connectivity index (χ2v) is 48.7. The summed E-state index contributed by atoms with van der Waals surface area (Å²) in [5, 5.41) is 181. The van der Waals surface area contributed by atoms with Crippen molar-refractivity contribution in [1.29, 1.82) is 0 Å². The SMILES string of the molecule is CC(C)(C)[Si](C)(C)OC1[C@H](O)CC(O)(C(=O)O)C[C@H]1O.CC(C)(C)[Si](C)(C)O[C@H]1[C@@H]2CC(=O)[C@@](O)(C2)C[C@H]1O.C[C@@H]1CC(O)(C(=O)O)C[C@@H](C)C1O.C[C@@H]1CC(O)(C(=O)O)C[C@@H](C)C1O[Si](C)(C)C(C)(C)C.O=C(O)C1(O)C[C@@H](O)C(O)[C@H](O)C1.O=C1C[C@@H]2C[C@@]1(O)C[C@@H](O)[C@H]2O. The molecule has 0 aliphatic heterocycles. The molecule has 8 rings (SSSR count). The summed E-state index contributed by atoms with van der Waals surface area (Å²) in [5.41, 5.74) is -10.1. The molecule has 0 saturated heterocycles. The molecule has 566 valence electrons. The van der Waals surface area contributed by atoms with Crippen molar-refractivity contribution in [2.75, 3.05) is 0 Å². The Morgan fingerprint density at radius 1 is 0.340 bits per heavy atom. The maximum atomic E-state index is 11.8. The zero-order valence-corrected chi connectivity index (χ0v) is 63.5. The van der Waals surface area contributed by atoms with Crippen LogP contribution in [-0.2, 0) is 42.0 Å². The third kappa shape index (κ3) is 21.2. The molecule has 0 radical (unpaired) electrons. The quantitative estimate of drug-likeness (QED) is 0.140. The number of carbonyl (C=O) groups excluding carboxylic acids is 2. The van der Waals surface area contributed by atoms with Crippen LogP contribution in [0, 0.1) is 35.5 Å². The zero-order chi connectivity index (χ0) is 75.9. The number of rotatable bonds is 10. The molecule has 0 heterocycles. The first-order valence-electron chi connectivity index (χ1n) is 33.8. The summed E-state index contributed by atoms with van der Waals surface area (Å²) in [5.74, 6) is -6.08. The van der Waals surface area contributed by atoms with Crippen LogP contribution < -0.4 is 0 Å². The highest BCUT2D eigenvalue weighted by atomic mass is 28.4. The lowest BCUT2D eigenvalue weighted by atomic mass is 9.72. The monoisotopic (exact) mass is 1450 g/mol. The van der Waals surface area contributed by atoms with E-state index in [1.807, 2.05) is 47.7 Å². The minimum atomic E-state index is -2.20. The lowest BCUT2D eigenvalue weighted by molar-refractivity contribution is -0.187. The minimum Gasteiger partial charge on any atom is -0.479 e. The number of fused-ring (bicyclic) bond motifs is 4. The molecule has 4 bridgehead atoms. The van der Waals surface area contributed by atoms with Gasteiger partial charge < -0.3 is 110 Å². The van der Waals surface area contributed by atoms with Crippen molar-refractivity contribution in [2.24, 2.45) is 35.5 Å². The zero-order valence-electron chi connectivity index (χ0n) is 60.5. The Morgan fingerprint density at radius 2 is 0.588 bits per heavy atom. The van der Waals surface area contributed by atoms with Crippen molar-refractivity contribution in [3.63, 3.8) is 0 Å². The van der Waals surface area contributed by atoms with Crippen LogP contribution in [0.1, 0.15) is 180 Å². The Balaban J connectivity index is 0.000000306. The number of hydrogen-bond acceptors (Lipinski definition) is 24. The van der Waals surface area contributed by atoms with E-state index in [1.165, 1.54) is 0 Å². The normalized spacial score (nSPS) is 41.5. The number of carbonyl (C=O) groups is 6. The lowest BCUT2D eigenvalue weighted by Gasteiger charge is -2.47. The Morgan fingerprint density at radius 3 is 0.918 bits per heavy atom. The number of aliphatic carboxylic acids is 4. The molecule has 8 fully saturated rings. The molecule has 8 aliphatic rings. The maximum Gasteiger partial charge on any atom is 0.335 e. The number of carboxylic acid groups (broad SMARTS) is 4. The number of Topliss-reactive ketones (excluding diaryl/α,β-unsaturated/α-hetero) is 2. The van der Waals surface area contributed by atoms with Gasteiger partial charge in [0, 0.05) is 51.4 Å². The van der Waals surface area contributed by atoms with Gasteiger partial charge in [0.2, 0.25) is 0 Å². The topological polar surface area (TPSA) is 514 Å². The van der Waals surface area contributed by atoms with Gasteiger partial charge >= 0.3 is 23.9 Å². The molecule has 0 unspecified atom stereocenters. The van der Waals surface area contributed by atoms with Crippen LogP contribution in [0.4, 0.5) is 0 Å². The summed E-state index contributed by atoms with van der Waals surface area (Å²) >= 11 is 0. The predicted molar refractivity (Wildman–Crippen MR) is 359 cm³/mol. The van der Waals surface area contributed by atoms with E-state index in [4.69, 9.17) is 43.9 Å². The Bertz CT molecular complexity index is 2540. The van der Waals surface area contributed by atoms with Gasteiger partial charge in [0.25, 0.3) is 0 Å². The number of hydrogen-bond donors (Lipinski definition) is 19. The third-order valence-corrected chi connectivity index (χ3v) is 36.3. The average molecular weight is 1450 g/mol. The van der Waals surface area contributed by atoms with Crippen molar-refractivity contribution in [2.45, 2.75) is 341 Å². The molecule has 0 aromatic rings. The van der Waals surface area contributed by atoms with E-state index < -0.39 is 156 Å². The number of aliphatic hydroxyl groups excluding tert-OH is 9. The largest absolute Gasteiger partial charge is 0.479 e. The van der Waals surface area contributed by atoms with Gasteiger partial charge in [0.05, 0.1) is 67.1 Å². The summed E-state index contributed by atoms with van der Waals surface area (Å²) in [6.07, 6.45) is -10.1. The van der Waals surface area contributed by atoms with Gasteiger partial charge in [-0.25, -0.2) is 19.2 Å². The minimum absolute atomic E-state index is 0.0104. The number of aliphatic hydroxyl groups is 15. The molecule has 28 nitrogen and oxygen atoms in total. The molecule has 31 heteroatoms. The summed E-state index contributed by atoms with van der Waals surface area (Å²) < 4.78 is 18.8. The van der Waals surface area contributed by atoms with E-state index in [9.17, 15) is 95.2 Å². The van der Waals surface area contributed by atoms with E-state index >= 15 is 0 Å². The summed E-state index contributed by atoms with van der Waals surface area (Å²) in [6.45, 7) is 39.4. The highest BCUT2D eigenvalue weighted by Crippen LogP contribution is 2.49. The van der Waals surface area contributed by atoms with Gasteiger partial charge in [0.1, 0.15) is 17.3 Å². The summed E-state index contributed by atoms with van der Waals surface area (Å²) in [4.78, 5) is 66.5. The van der Waals surface area contributed by atoms with Crippen LogP contribution in [0.5, 0.6) is 0 Å². The van der Waals surface area contributed by atoms with Crippen LogP contribution in [0.3, 0.4) is 0 Å². The molecule has 97 heavy (non-hydrogen) atoms. The van der Waals surface area contributed by atoms with E-state index in [1.54, 1.807) is 13.8 Å². The fourth-order valence-electron chi connectivity index (χ4n) is 13.8. The smallest absolute Gasteiger partial charge is 0.335 e. The predicted octanol–water partition coefficient (Wildman–Crippen LogP) is 2.55. The van der Waals surface area contributed by atoms with Crippen LogP contribution in [0.2, 0.25) is 54.4 Å². The first-order valence-corrected chi connectivity index (χ1v) is 42.6. The Labute approximate surface area is 573 Å². The van der Waals surface area contributed by atoms with E-state index in [0.29, 0.717) is 19.3 Å². The Kier molecular flexibility index (Phi) is 28.8. The lowest BCUT2D eigenvalue weighted by Crippen LogP contribution is -2.60. The fourth-order valence-corrected chi connectivity index (χ4v) is 18.0. The van der Waals surface area contributed by atoms with Crippen molar-refractivity contribution in [3.05, 3.63) is 0 Å². The molecule has 0 aromatic heterocycles. The van der Waals surface area contributed by atoms with Gasteiger partial charge in [-0.2, -0.15) is 0 Å². The molecular formula is C66H122O28Si3. The summed E-state index contributed by atoms with van der Waals surface area (Å²) in [6, 6.07) is 0.